The van der Waals surface area contributed by atoms with Crippen LogP contribution in [-0.2, 0) is 11.2 Å². The van der Waals surface area contributed by atoms with E-state index in [1.54, 1.807) is 12.1 Å². The van der Waals surface area contributed by atoms with Crippen molar-refractivity contribution in [3.63, 3.8) is 0 Å². The number of thiazole rings is 1. The van der Waals surface area contributed by atoms with Gasteiger partial charge in [-0.2, -0.15) is 0 Å². The second-order valence-electron chi connectivity index (χ2n) is 5.55. The number of aromatic nitrogens is 1. The summed E-state index contributed by atoms with van der Waals surface area (Å²) in [7, 11) is 0. The third kappa shape index (κ3) is 4.19. The molecule has 23 heavy (non-hydrogen) atoms. The summed E-state index contributed by atoms with van der Waals surface area (Å²) in [4.78, 5) is 30.4. The number of nitrogens with zero attached hydrogens (tertiary/aromatic N) is 2. The summed E-state index contributed by atoms with van der Waals surface area (Å²) < 4.78 is 5.03. The molecule has 3 rings (SSSR count). The highest BCUT2D eigenvalue weighted by Crippen LogP contribution is 2.18. The molecule has 1 saturated heterocycles. The molecule has 1 fully saturated rings. The lowest BCUT2D eigenvalue weighted by molar-refractivity contribution is -0.130. The zero-order valence-corrected chi connectivity index (χ0v) is 13.6. The maximum atomic E-state index is 12.3. The van der Waals surface area contributed by atoms with Crippen LogP contribution >= 0.6 is 11.3 Å². The smallest absolute Gasteiger partial charge is 0.293 e. The van der Waals surface area contributed by atoms with Gasteiger partial charge < -0.3 is 9.32 Å². The number of hydrogen-bond donors (Lipinski definition) is 1. The van der Waals surface area contributed by atoms with Gasteiger partial charge in [-0.3, -0.25) is 14.9 Å². The van der Waals surface area contributed by atoms with Crippen LogP contribution in [-0.4, -0.2) is 34.8 Å². The summed E-state index contributed by atoms with van der Waals surface area (Å²) >= 11 is 1.31. The Morgan fingerprint density at radius 2 is 2.04 bits per heavy atom. The van der Waals surface area contributed by atoms with Crippen LogP contribution < -0.4 is 5.32 Å². The SMILES string of the molecule is O=C(Nc1nc(CC(=O)N2CCCCCC2)cs1)c1ccco1. The topological polar surface area (TPSA) is 75.4 Å². The van der Waals surface area contributed by atoms with E-state index < -0.39 is 0 Å². The molecular formula is C16H19N3O3S. The van der Waals surface area contributed by atoms with Crippen LogP contribution in [0.5, 0.6) is 0 Å². The molecule has 2 amide bonds. The minimum atomic E-state index is -0.338. The third-order valence-electron chi connectivity index (χ3n) is 3.81. The fourth-order valence-electron chi connectivity index (χ4n) is 2.60. The number of hydrogen-bond acceptors (Lipinski definition) is 5. The Hall–Kier alpha value is -2.15. The predicted molar refractivity (Wildman–Crippen MR) is 87.5 cm³/mol. The first-order chi connectivity index (χ1) is 11.2. The van der Waals surface area contributed by atoms with Gasteiger partial charge in [-0.1, -0.05) is 12.8 Å². The van der Waals surface area contributed by atoms with Crippen molar-refractivity contribution in [3.05, 3.63) is 35.2 Å². The molecule has 2 aromatic rings. The predicted octanol–water partition coefficient (Wildman–Crippen LogP) is 2.93. The molecule has 6 nitrogen and oxygen atoms in total. The van der Waals surface area contributed by atoms with Gasteiger partial charge in [-0.15, -0.1) is 11.3 Å². The average molecular weight is 333 g/mol. The fourth-order valence-corrected chi connectivity index (χ4v) is 3.30. The molecule has 0 aromatic carbocycles. The van der Waals surface area contributed by atoms with Crippen molar-refractivity contribution in [2.45, 2.75) is 32.1 Å². The van der Waals surface area contributed by atoms with Gasteiger partial charge in [-0.05, 0) is 25.0 Å². The first kappa shape index (κ1) is 15.7. The molecule has 0 saturated carbocycles. The zero-order valence-electron chi connectivity index (χ0n) is 12.8. The van der Waals surface area contributed by atoms with E-state index in [0.717, 1.165) is 25.9 Å². The first-order valence-electron chi connectivity index (χ1n) is 7.79. The maximum Gasteiger partial charge on any atom is 0.293 e. The van der Waals surface area contributed by atoms with E-state index in [-0.39, 0.29) is 24.0 Å². The highest BCUT2D eigenvalue weighted by molar-refractivity contribution is 7.14. The van der Waals surface area contributed by atoms with E-state index in [0.29, 0.717) is 10.8 Å². The largest absolute Gasteiger partial charge is 0.459 e. The van der Waals surface area contributed by atoms with Gasteiger partial charge in [-0.25, -0.2) is 4.98 Å². The zero-order chi connectivity index (χ0) is 16.1. The summed E-state index contributed by atoms with van der Waals surface area (Å²) in [6, 6.07) is 3.24. The summed E-state index contributed by atoms with van der Waals surface area (Å²) in [5, 5.41) is 4.97. The number of carbonyl (C=O) groups is 2. The van der Waals surface area contributed by atoms with Gasteiger partial charge in [0.2, 0.25) is 5.91 Å². The molecule has 1 N–H and O–H groups in total. The molecule has 1 aliphatic rings. The Balaban J connectivity index is 1.56. The fraction of sp³-hybridized carbons (Fsp3) is 0.438. The highest BCUT2D eigenvalue weighted by Gasteiger charge is 2.18. The third-order valence-corrected chi connectivity index (χ3v) is 4.61. The standard InChI is InChI=1S/C16H19N3O3S/c20-14(19-7-3-1-2-4-8-19)10-12-11-23-16(17-12)18-15(21)13-6-5-9-22-13/h5-6,9,11H,1-4,7-8,10H2,(H,17,18,21). The van der Waals surface area contributed by atoms with Crippen LogP contribution in [0.25, 0.3) is 0 Å². The van der Waals surface area contributed by atoms with Crippen LogP contribution in [0.3, 0.4) is 0 Å². The van der Waals surface area contributed by atoms with Gasteiger partial charge in [0.1, 0.15) is 0 Å². The van der Waals surface area contributed by atoms with Gasteiger partial charge in [0.05, 0.1) is 18.4 Å². The monoisotopic (exact) mass is 333 g/mol. The molecule has 3 heterocycles. The van der Waals surface area contributed by atoms with Crippen molar-refractivity contribution in [1.82, 2.24) is 9.88 Å². The number of rotatable bonds is 4. The molecule has 0 radical (unpaired) electrons. The normalized spacial score (nSPS) is 15.2. The molecule has 1 aliphatic heterocycles. The van der Waals surface area contributed by atoms with Crippen molar-refractivity contribution >= 4 is 28.3 Å². The Morgan fingerprint density at radius 3 is 2.74 bits per heavy atom. The van der Waals surface area contributed by atoms with Crippen LogP contribution in [0.4, 0.5) is 5.13 Å². The summed E-state index contributed by atoms with van der Waals surface area (Å²) in [5.74, 6) is 0.0123. The van der Waals surface area contributed by atoms with Crippen LogP contribution in [0, 0.1) is 0 Å². The number of anilines is 1. The van der Waals surface area contributed by atoms with Crippen molar-refractivity contribution in [1.29, 1.82) is 0 Å². The Morgan fingerprint density at radius 1 is 1.26 bits per heavy atom. The summed E-state index contributed by atoms with van der Waals surface area (Å²) in [6.45, 7) is 1.68. The second-order valence-corrected chi connectivity index (χ2v) is 6.41. The molecule has 0 atom stereocenters. The number of likely N-dealkylation sites (tertiary alicyclic amines) is 1. The number of furan rings is 1. The van der Waals surface area contributed by atoms with Crippen molar-refractivity contribution in [2.24, 2.45) is 0 Å². The Bertz CT molecular complexity index is 658. The molecule has 2 aromatic heterocycles. The van der Waals surface area contributed by atoms with E-state index in [9.17, 15) is 9.59 Å². The van der Waals surface area contributed by atoms with E-state index >= 15 is 0 Å². The summed E-state index contributed by atoms with van der Waals surface area (Å²) in [5.41, 5.74) is 0.694. The van der Waals surface area contributed by atoms with Crippen molar-refractivity contribution in [2.75, 3.05) is 18.4 Å². The average Bonchev–Trinajstić information content (AvgIpc) is 3.14. The Labute approximate surface area is 138 Å². The number of amides is 2. The van der Waals surface area contributed by atoms with E-state index in [4.69, 9.17) is 4.42 Å². The van der Waals surface area contributed by atoms with Crippen LogP contribution in [0.15, 0.2) is 28.2 Å². The van der Waals surface area contributed by atoms with Gasteiger partial charge in [0.15, 0.2) is 10.9 Å². The van der Waals surface area contributed by atoms with Gasteiger partial charge in [0.25, 0.3) is 5.91 Å². The highest BCUT2D eigenvalue weighted by atomic mass is 32.1. The van der Waals surface area contributed by atoms with Crippen molar-refractivity contribution in [3.8, 4) is 0 Å². The molecule has 0 unspecified atom stereocenters. The second kappa shape index (κ2) is 7.41. The molecule has 0 aliphatic carbocycles. The van der Waals surface area contributed by atoms with Crippen molar-refractivity contribution < 1.29 is 14.0 Å². The quantitative estimate of drug-likeness (QED) is 0.933. The summed E-state index contributed by atoms with van der Waals surface area (Å²) in [6.07, 6.45) is 6.28. The first-order valence-corrected chi connectivity index (χ1v) is 8.67. The molecule has 0 bridgehead atoms. The van der Waals surface area contributed by atoms with E-state index in [1.807, 2.05) is 10.3 Å². The molecule has 0 spiro atoms. The molecular weight excluding hydrogens is 314 g/mol. The van der Waals surface area contributed by atoms with Crippen LogP contribution in [0.1, 0.15) is 41.9 Å². The number of nitrogens with one attached hydrogen (secondary N) is 1. The van der Waals surface area contributed by atoms with Crippen LogP contribution in [0.2, 0.25) is 0 Å². The minimum absolute atomic E-state index is 0.112. The van der Waals surface area contributed by atoms with E-state index in [1.165, 1.54) is 30.4 Å². The lowest BCUT2D eigenvalue weighted by Gasteiger charge is -2.19. The Kier molecular flexibility index (Phi) is 5.07. The molecule has 7 heteroatoms. The van der Waals surface area contributed by atoms with Gasteiger partial charge >= 0.3 is 0 Å². The number of carbonyl (C=O) groups excluding carboxylic acids is 2. The minimum Gasteiger partial charge on any atom is -0.459 e. The lowest BCUT2D eigenvalue weighted by atomic mass is 10.2. The maximum absolute atomic E-state index is 12.3. The van der Waals surface area contributed by atoms with E-state index in [2.05, 4.69) is 10.3 Å². The lowest BCUT2D eigenvalue weighted by Crippen LogP contribution is -2.33. The van der Waals surface area contributed by atoms with Gasteiger partial charge in [0, 0.05) is 18.5 Å². The molecule has 122 valence electrons.